The summed E-state index contributed by atoms with van der Waals surface area (Å²) >= 11 is 0. The maximum atomic E-state index is 10.6. The summed E-state index contributed by atoms with van der Waals surface area (Å²) in [5.74, 6) is -5.51. The molecule has 4 heterocycles. The van der Waals surface area contributed by atoms with Crippen molar-refractivity contribution in [1.82, 2.24) is 14.9 Å². The molecule has 9 nitrogen and oxygen atoms in total. The molecule has 0 aliphatic carbocycles. The molecule has 0 amide bonds. The molecule has 0 radical (unpaired) electrons. The van der Waals surface area contributed by atoms with Gasteiger partial charge in [-0.1, -0.05) is 12.1 Å². The van der Waals surface area contributed by atoms with Crippen molar-refractivity contribution in [2.24, 2.45) is 0 Å². The Hall–Kier alpha value is -3.30. The highest BCUT2D eigenvalue weighted by molar-refractivity contribution is 5.73. The number of ether oxygens (including phenoxy) is 2. The van der Waals surface area contributed by atoms with Gasteiger partial charge in [0, 0.05) is 37.7 Å². The Labute approximate surface area is 219 Å². The van der Waals surface area contributed by atoms with Crippen molar-refractivity contribution in [3.05, 3.63) is 60.2 Å². The van der Waals surface area contributed by atoms with Gasteiger partial charge in [-0.05, 0) is 43.0 Å². The lowest BCUT2D eigenvalue weighted by Gasteiger charge is -2.35. The molecular formula is C24H27F6N3O6. The van der Waals surface area contributed by atoms with Crippen LogP contribution >= 0.6 is 0 Å². The van der Waals surface area contributed by atoms with Gasteiger partial charge in [0.15, 0.2) is 0 Å². The average Bonchev–Trinajstić information content (AvgIpc) is 3.27. The summed E-state index contributed by atoms with van der Waals surface area (Å²) in [6, 6.07) is 10.6. The van der Waals surface area contributed by atoms with E-state index in [1.165, 1.54) is 6.42 Å². The molecule has 0 saturated carbocycles. The molecule has 0 bridgehead atoms. The molecule has 4 rings (SSSR count). The van der Waals surface area contributed by atoms with Crippen LogP contribution in [0.15, 0.2) is 48.9 Å². The minimum atomic E-state index is -5.08. The number of pyridine rings is 2. The normalized spacial score (nSPS) is 21.0. The fourth-order valence-corrected chi connectivity index (χ4v) is 3.90. The van der Waals surface area contributed by atoms with Crippen molar-refractivity contribution >= 4 is 11.9 Å². The Morgan fingerprint density at radius 2 is 1.64 bits per heavy atom. The Balaban J connectivity index is 0.000000317. The number of rotatable bonds is 6. The van der Waals surface area contributed by atoms with Crippen molar-refractivity contribution in [3.63, 3.8) is 0 Å². The molecule has 216 valence electrons. The molecule has 0 spiro atoms. The van der Waals surface area contributed by atoms with E-state index < -0.39 is 24.3 Å². The van der Waals surface area contributed by atoms with Gasteiger partial charge in [0.1, 0.15) is 0 Å². The highest BCUT2D eigenvalue weighted by Gasteiger charge is 2.40. The number of hydrogen-bond donors (Lipinski definition) is 2. The molecule has 2 aromatic rings. The number of nitrogens with zero attached hydrogens (tertiary/aromatic N) is 3. The number of alkyl halides is 6. The van der Waals surface area contributed by atoms with Crippen LogP contribution in [0.1, 0.15) is 30.5 Å². The van der Waals surface area contributed by atoms with Crippen molar-refractivity contribution in [1.29, 1.82) is 0 Å². The number of likely N-dealkylation sites (tertiary alicyclic amines) is 1. The van der Waals surface area contributed by atoms with E-state index >= 15 is 0 Å². The van der Waals surface area contributed by atoms with Gasteiger partial charge in [0.05, 0.1) is 31.1 Å². The molecule has 2 N–H and O–H groups in total. The number of aromatic nitrogens is 2. The van der Waals surface area contributed by atoms with E-state index in [1.807, 2.05) is 30.6 Å². The van der Waals surface area contributed by atoms with E-state index in [0.717, 1.165) is 37.2 Å². The van der Waals surface area contributed by atoms with Crippen molar-refractivity contribution in [2.45, 2.75) is 63.0 Å². The molecule has 2 saturated heterocycles. The van der Waals surface area contributed by atoms with E-state index in [4.69, 9.17) is 29.3 Å². The molecule has 3 atom stereocenters. The Morgan fingerprint density at radius 1 is 0.974 bits per heavy atom. The van der Waals surface area contributed by atoms with Crippen LogP contribution in [0.4, 0.5) is 26.3 Å². The molecule has 2 aromatic heterocycles. The monoisotopic (exact) mass is 567 g/mol. The lowest BCUT2D eigenvalue weighted by atomic mass is 9.99. The molecule has 2 aliphatic heterocycles. The smallest absolute Gasteiger partial charge is 0.475 e. The average molecular weight is 567 g/mol. The summed E-state index contributed by atoms with van der Waals surface area (Å²) in [5, 5.41) is 14.2. The summed E-state index contributed by atoms with van der Waals surface area (Å²) < 4.78 is 75.6. The molecule has 15 heteroatoms. The van der Waals surface area contributed by atoms with Crippen LogP contribution < -0.4 is 0 Å². The topological polar surface area (TPSA) is 122 Å². The molecule has 2 aliphatic rings. The molecule has 1 unspecified atom stereocenters. The molecule has 0 aromatic carbocycles. The number of carboxylic acids is 2. The molecule has 39 heavy (non-hydrogen) atoms. The standard InChI is InChI=1S/C20H25N3O2.2C2HF3O2/c1-2-10-22-17(5-1)13-23-11-8-20-19(23)7-6-18(25-20)15-24-14-16-4-3-9-21-12-16;2*3-2(4,5)1(6)7/h1-5,9-10,12,18-20H,6-8,11,13-15H2;2*(H,6,7)/t18?,19-,20-;;/m0../s1. The second-order valence-corrected chi connectivity index (χ2v) is 8.50. The van der Waals surface area contributed by atoms with Crippen LogP contribution in [0.25, 0.3) is 0 Å². The summed E-state index contributed by atoms with van der Waals surface area (Å²) in [7, 11) is 0. The maximum absolute atomic E-state index is 10.6. The van der Waals surface area contributed by atoms with Crippen LogP contribution in [-0.4, -0.2) is 80.8 Å². The molecular weight excluding hydrogens is 540 g/mol. The van der Waals surface area contributed by atoms with Gasteiger partial charge >= 0.3 is 24.3 Å². The second kappa shape index (κ2) is 14.7. The van der Waals surface area contributed by atoms with Crippen LogP contribution in [0.2, 0.25) is 0 Å². The summed E-state index contributed by atoms with van der Waals surface area (Å²) in [6.07, 6.45) is -0.760. The summed E-state index contributed by atoms with van der Waals surface area (Å²) in [4.78, 5) is 28.9. The third kappa shape index (κ3) is 11.5. The van der Waals surface area contributed by atoms with E-state index in [2.05, 4.69) is 27.0 Å². The van der Waals surface area contributed by atoms with Gasteiger partial charge in [0.2, 0.25) is 0 Å². The van der Waals surface area contributed by atoms with Crippen LogP contribution in [-0.2, 0) is 32.2 Å². The van der Waals surface area contributed by atoms with Gasteiger partial charge in [-0.3, -0.25) is 14.9 Å². The Bertz CT molecular complexity index is 1000. The Kier molecular flexibility index (Phi) is 12.1. The summed E-state index contributed by atoms with van der Waals surface area (Å²) in [6.45, 7) is 3.29. The minimum Gasteiger partial charge on any atom is -0.475 e. The number of carbonyl (C=O) groups is 2. The van der Waals surface area contributed by atoms with Gasteiger partial charge in [-0.25, -0.2) is 9.59 Å². The number of fused-ring (bicyclic) bond motifs is 1. The van der Waals surface area contributed by atoms with Gasteiger partial charge < -0.3 is 19.7 Å². The van der Waals surface area contributed by atoms with Crippen molar-refractivity contribution < 1.29 is 55.6 Å². The maximum Gasteiger partial charge on any atom is 0.490 e. The largest absolute Gasteiger partial charge is 0.490 e. The van der Waals surface area contributed by atoms with Crippen LogP contribution in [0, 0.1) is 0 Å². The number of halogens is 6. The second-order valence-electron chi connectivity index (χ2n) is 8.50. The number of aliphatic carboxylic acids is 2. The van der Waals surface area contributed by atoms with E-state index in [-0.39, 0.29) is 6.10 Å². The predicted octanol–water partition coefficient (Wildman–Crippen LogP) is 4.08. The first-order chi connectivity index (χ1) is 18.3. The van der Waals surface area contributed by atoms with E-state index in [9.17, 15) is 26.3 Å². The van der Waals surface area contributed by atoms with Crippen LogP contribution in [0.3, 0.4) is 0 Å². The lowest BCUT2D eigenvalue weighted by Crippen LogP contribution is -2.43. The van der Waals surface area contributed by atoms with Gasteiger partial charge in [-0.2, -0.15) is 26.3 Å². The number of carboxylic acid groups (broad SMARTS) is 2. The SMILES string of the molecule is O=C(O)C(F)(F)F.O=C(O)C(F)(F)F.c1ccc(CN2CC[C@@H]3OC(COCc4cccnc4)CC[C@@H]32)nc1. The van der Waals surface area contributed by atoms with Crippen molar-refractivity contribution in [2.75, 3.05) is 13.2 Å². The zero-order valence-electron chi connectivity index (χ0n) is 20.4. The molecule has 2 fully saturated rings. The highest BCUT2D eigenvalue weighted by atomic mass is 19.4. The van der Waals surface area contributed by atoms with Gasteiger partial charge in [-0.15, -0.1) is 0 Å². The Morgan fingerprint density at radius 3 is 2.18 bits per heavy atom. The minimum absolute atomic E-state index is 0.215. The summed E-state index contributed by atoms with van der Waals surface area (Å²) in [5.41, 5.74) is 2.25. The van der Waals surface area contributed by atoms with E-state index in [0.29, 0.717) is 25.4 Å². The first kappa shape index (κ1) is 31.9. The lowest BCUT2D eigenvalue weighted by molar-refractivity contribution is -0.193. The predicted molar refractivity (Wildman–Crippen MR) is 122 cm³/mol. The zero-order chi connectivity index (χ0) is 29.1. The fourth-order valence-electron chi connectivity index (χ4n) is 3.90. The zero-order valence-corrected chi connectivity index (χ0v) is 20.4. The van der Waals surface area contributed by atoms with Crippen molar-refractivity contribution in [3.8, 4) is 0 Å². The van der Waals surface area contributed by atoms with E-state index in [1.54, 1.807) is 6.20 Å². The number of hydrogen-bond acceptors (Lipinski definition) is 7. The third-order valence-corrected chi connectivity index (χ3v) is 5.62. The van der Waals surface area contributed by atoms with Crippen LogP contribution in [0.5, 0.6) is 0 Å². The first-order valence-electron chi connectivity index (χ1n) is 11.6. The third-order valence-electron chi connectivity index (χ3n) is 5.62. The quantitative estimate of drug-likeness (QED) is 0.498. The first-order valence-corrected chi connectivity index (χ1v) is 11.6. The fraction of sp³-hybridized carbons (Fsp3) is 0.500. The highest BCUT2D eigenvalue weighted by Crippen LogP contribution is 2.32. The van der Waals surface area contributed by atoms with Gasteiger partial charge in [0.25, 0.3) is 0 Å².